The number of nitrogens with one attached hydrogen (secondary N) is 2. The van der Waals surface area contributed by atoms with Crippen LogP contribution in [0.2, 0.25) is 0 Å². The number of benzene rings is 1. The van der Waals surface area contributed by atoms with E-state index in [2.05, 4.69) is 10.6 Å². The minimum absolute atomic E-state index is 0.0167. The Bertz CT molecular complexity index is 421. The number of amides is 1. The maximum Gasteiger partial charge on any atom is 0.446 e. The Labute approximate surface area is 120 Å². The van der Waals surface area contributed by atoms with Crippen LogP contribution in [0.25, 0.3) is 0 Å². The molecule has 7 heteroatoms. The summed E-state index contributed by atoms with van der Waals surface area (Å²) in [4.78, 5) is 11.3. The van der Waals surface area contributed by atoms with Crippen molar-refractivity contribution in [3.63, 3.8) is 0 Å². The first-order valence-corrected chi connectivity index (χ1v) is 7.04. The molecule has 112 valence electrons. The Balaban J connectivity index is 2.30. The lowest BCUT2D eigenvalue weighted by molar-refractivity contribution is -0.120. The summed E-state index contributed by atoms with van der Waals surface area (Å²) in [6.45, 7) is 3.52. The number of carbonyl (C=O) groups excluding carboxylic acids is 1. The molecule has 0 saturated heterocycles. The van der Waals surface area contributed by atoms with Gasteiger partial charge in [0.1, 0.15) is 0 Å². The van der Waals surface area contributed by atoms with Crippen LogP contribution < -0.4 is 10.6 Å². The van der Waals surface area contributed by atoms with Gasteiger partial charge in [-0.15, -0.1) is 0 Å². The summed E-state index contributed by atoms with van der Waals surface area (Å²) in [5.41, 5.74) is -3.38. The monoisotopic (exact) mass is 306 g/mol. The quantitative estimate of drug-likeness (QED) is 0.601. The number of alkyl halides is 3. The van der Waals surface area contributed by atoms with Gasteiger partial charge < -0.3 is 10.6 Å². The van der Waals surface area contributed by atoms with Crippen molar-refractivity contribution in [3.05, 3.63) is 29.8 Å². The summed E-state index contributed by atoms with van der Waals surface area (Å²) < 4.78 is 36.4. The normalized spacial score (nSPS) is 11.4. The summed E-state index contributed by atoms with van der Waals surface area (Å²) in [5, 5.41) is 5.75. The van der Waals surface area contributed by atoms with Gasteiger partial charge in [-0.05, 0) is 36.4 Å². The van der Waals surface area contributed by atoms with Crippen molar-refractivity contribution in [3.8, 4) is 0 Å². The highest BCUT2D eigenvalue weighted by atomic mass is 32.2. The molecule has 0 fully saturated rings. The highest BCUT2D eigenvalue weighted by Gasteiger charge is 2.28. The molecule has 0 aliphatic rings. The first-order chi connectivity index (χ1) is 9.40. The van der Waals surface area contributed by atoms with Crippen molar-refractivity contribution in [2.24, 2.45) is 0 Å². The van der Waals surface area contributed by atoms with E-state index in [-0.39, 0.29) is 22.6 Å². The van der Waals surface area contributed by atoms with Crippen LogP contribution in [0, 0.1) is 0 Å². The van der Waals surface area contributed by atoms with Crippen LogP contribution >= 0.6 is 11.8 Å². The Morgan fingerprint density at radius 3 is 2.45 bits per heavy atom. The molecule has 20 heavy (non-hydrogen) atoms. The second kappa shape index (κ2) is 8.16. The molecule has 1 amide bonds. The number of rotatable bonds is 7. The van der Waals surface area contributed by atoms with E-state index in [1.807, 2.05) is 6.92 Å². The van der Waals surface area contributed by atoms with Crippen LogP contribution in [-0.2, 0) is 11.3 Å². The van der Waals surface area contributed by atoms with Crippen molar-refractivity contribution in [2.75, 3.05) is 13.1 Å². The minimum Gasteiger partial charge on any atom is -0.356 e. The van der Waals surface area contributed by atoms with Crippen molar-refractivity contribution in [1.29, 1.82) is 0 Å². The van der Waals surface area contributed by atoms with Gasteiger partial charge in [0.2, 0.25) is 5.91 Å². The second-order valence-corrected chi connectivity index (χ2v) is 5.21. The van der Waals surface area contributed by atoms with Crippen molar-refractivity contribution in [2.45, 2.75) is 30.3 Å². The van der Waals surface area contributed by atoms with Crippen molar-refractivity contribution >= 4 is 17.7 Å². The molecule has 0 bridgehead atoms. The van der Waals surface area contributed by atoms with Crippen LogP contribution in [0.1, 0.15) is 18.9 Å². The molecule has 0 radical (unpaired) electrons. The van der Waals surface area contributed by atoms with Crippen LogP contribution in [0.4, 0.5) is 13.2 Å². The lowest BCUT2D eigenvalue weighted by atomic mass is 10.2. The van der Waals surface area contributed by atoms with Crippen LogP contribution in [0.5, 0.6) is 0 Å². The van der Waals surface area contributed by atoms with E-state index in [4.69, 9.17) is 0 Å². The summed E-state index contributed by atoms with van der Waals surface area (Å²) >= 11 is -0.126. The standard InChI is InChI=1S/C13H17F3N2OS/c1-2-18-12(19)7-8-17-9-10-3-5-11(6-4-10)20-13(14,15)16/h3-6,17H,2,7-9H2,1H3,(H,18,19). The number of thioether (sulfide) groups is 1. The highest BCUT2D eigenvalue weighted by molar-refractivity contribution is 8.00. The Morgan fingerprint density at radius 1 is 1.25 bits per heavy atom. The molecule has 0 aromatic heterocycles. The maximum atomic E-state index is 12.1. The molecule has 0 spiro atoms. The lowest BCUT2D eigenvalue weighted by Crippen LogP contribution is -2.27. The number of hydrogen-bond donors (Lipinski definition) is 2. The Morgan fingerprint density at radius 2 is 1.90 bits per heavy atom. The maximum absolute atomic E-state index is 12.1. The van der Waals surface area contributed by atoms with Gasteiger partial charge in [-0.1, -0.05) is 12.1 Å². The molecule has 3 nitrogen and oxygen atoms in total. The van der Waals surface area contributed by atoms with E-state index in [0.717, 1.165) is 5.56 Å². The van der Waals surface area contributed by atoms with Gasteiger partial charge >= 0.3 is 5.51 Å². The zero-order chi connectivity index (χ0) is 15.0. The molecule has 0 unspecified atom stereocenters. The number of halogens is 3. The Kier molecular flexibility index (Phi) is 6.87. The molecule has 0 aliphatic carbocycles. The third kappa shape index (κ3) is 7.40. The summed E-state index contributed by atoms with van der Waals surface area (Å²) in [6.07, 6.45) is 0.385. The number of hydrogen-bond acceptors (Lipinski definition) is 3. The van der Waals surface area contributed by atoms with Crippen LogP contribution in [0.15, 0.2) is 29.2 Å². The average molecular weight is 306 g/mol. The molecule has 1 aromatic rings. The van der Waals surface area contributed by atoms with E-state index < -0.39 is 5.51 Å². The van der Waals surface area contributed by atoms with Gasteiger partial charge in [0.15, 0.2) is 0 Å². The summed E-state index contributed by atoms with van der Waals surface area (Å²) in [6, 6.07) is 6.18. The predicted molar refractivity (Wildman–Crippen MR) is 73.4 cm³/mol. The van der Waals surface area contributed by atoms with E-state index in [9.17, 15) is 18.0 Å². The fourth-order valence-electron chi connectivity index (χ4n) is 1.53. The van der Waals surface area contributed by atoms with Gasteiger partial charge in [0.25, 0.3) is 0 Å². The summed E-state index contributed by atoms with van der Waals surface area (Å²) in [7, 11) is 0. The zero-order valence-electron chi connectivity index (χ0n) is 11.1. The van der Waals surface area contributed by atoms with Gasteiger partial charge in [-0.25, -0.2) is 0 Å². The van der Waals surface area contributed by atoms with Gasteiger partial charge in [0.05, 0.1) is 0 Å². The van der Waals surface area contributed by atoms with E-state index in [1.54, 1.807) is 12.1 Å². The van der Waals surface area contributed by atoms with Crippen molar-refractivity contribution in [1.82, 2.24) is 10.6 Å². The fraction of sp³-hybridized carbons (Fsp3) is 0.462. The molecule has 0 aliphatic heterocycles. The van der Waals surface area contributed by atoms with Gasteiger partial charge in [-0.2, -0.15) is 13.2 Å². The average Bonchev–Trinajstić information content (AvgIpc) is 2.35. The van der Waals surface area contributed by atoms with Gasteiger partial charge in [-0.3, -0.25) is 4.79 Å². The minimum atomic E-state index is -4.26. The molecule has 1 rings (SSSR count). The molecule has 2 N–H and O–H groups in total. The molecular formula is C13H17F3N2OS. The van der Waals surface area contributed by atoms with Crippen molar-refractivity contribution < 1.29 is 18.0 Å². The largest absolute Gasteiger partial charge is 0.446 e. The third-order valence-corrected chi connectivity index (χ3v) is 3.13. The van der Waals surface area contributed by atoms with E-state index in [0.29, 0.717) is 26.1 Å². The summed E-state index contributed by atoms with van der Waals surface area (Å²) in [5.74, 6) is -0.0167. The third-order valence-electron chi connectivity index (χ3n) is 2.39. The SMILES string of the molecule is CCNC(=O)CCNCc1ccc(SC(F)(F)F)cc1. The van der Waals surface area contributed by atoms with E-state index in [1.165, 1.54) is 12.1 Å². The topological polar surface area (TPSA) is 41.1 Å². The molecular weight excluding hydrogens is 289 g/mol. The van der Waals surface area contributed by atoms with E-state index >= 15 is 0 Å². The first-order valence-electron chi connectivity index (χ1n) is 6.23. The first kappa shape index (κ1) is 16.8. The van der Waals surface area contributed by atoms with Crippen LogP contribution in [0.3, 0.4) is 0 Å². The zero-order valence-corrected chi connectivity index (χ0v) is 11.9. The molecule has 0 saturated carbocycles. The predicted octanol–water partition coefficient (Wildman–Crippen LogP) is 2.91. The lowest BCUT2D eigenvalue weighted by Gasteiger charge is -2.07. The Hall–Kier alpha value is -1.21. The smallest absolute Gasteiger partial charge is 0.356 e. The fourth-order valence-corrected chi connectivity index (χ4v) is 2.07. The molecule has 1 aromatic carbocycles. The second-order valence-electron chi connectivity index (χ2n) is 4.07. The molecule has 0 atom stereocenters. The molecule has 0 heterocycles. The van der Waals surface area contributed by atoms with Crippen LogP contribution in [-0.4, -0.2) is 24.5 Å². The van der Waals surface area contributed by atoms with Gasteiger partial charge in [0, 0.05) is 31.0 Å². The highest BCUT2D eigenvalue weighted by Crippen LogP contribution is 2.36. The number of carbonyl (C=O) groups is 1.